The zero-order chi connectivity index (χ0) is 49.1. The number of H-pyrrole nitrogens is 1. The summed E-state index contributed by atoms with van der Waals surface area (Å²) in [7, 11) is -4.89. The highest BCUT2D eigenvalue weighted by Crippen LogP contribution is 2.41. The quantitative estimate of drug-likeness (QED) is 0.0373. The van der Waals surface area contributed by atoms with Gasteiger partial charge in [0, 0.05) is 52.6 Å². The van der Waals surface area contributed by atoms with Gasteiger partial charge in [-0.1, -0.05) is 51.1 Å². The van der Waals surface area contributed by atoms with Crippen molar-refractivity contribution in [3.63, 3.8) is 0 Å². The maximum Gasteiger partial charge on any atom is 0.255 e. The summed E-state index contributed by atoms with van der Waals surface area (Å²) < 4.78 is 40.9. The third-order valence-corrected chi connectivity index (χ3v) is 18.9. The van der Waals surface area contributed by atoms with E-state index in [-0.39, 0.29) is 43.4 Å². The van der Waals surface area contributed by atoms with E-state index in [1.807, 2.05) is 31.2 Å². The smallest absolute Gasteiger partial charge is 0.255 e. The number of phenols is 1. The molecule has 1 atom stereocenters. The number of phenolic OH excluding ortho intramolecular Hbond substituents is 1. The zero-order valence-electron chi connectivity index (χ0n) is 39.5. The second-order valence-corrected chi connectivity index (χ2v) is 25.2. The van der Waals surface area contributed by atoms with Crippen molar-refractivity contribution < 1.29 is 32.3 Å². The highest BCUT2D eigenvalue weighted by Gasteiger charge is 2.40. The second-order valence-electron chi connectivity index (χ2n) is 18.5. The highest BCUT2D eigenvalue weighted by atomic mass is 32.2. The van der Waals surface area contributed by atoms with Crippen LogP contribution in [0.5, 0.6) is 11.5 Å². The number of fused-ring (bicyclic) bond motifs is 2. The minimum Gasteiger partial charge on any atom is -0.506 e. The molecule has 0 unspecified atom stereocenters. The number of ether oxygens (including phenoxy) is 1. The summed E-state index contributed by atoms with van der Waals surface area (Å²) in [4.78, 5) is 45.5. The second kappa shape index (κ2) is 19.8. The van der Waals surface area contributed by atoms with E-state index < -0.39 is 30.0 Å². The van der Waals surface area contributed by atoms with Gasteiger partial charge >= 0.3 is 0 Å². The normalized spacial score (nSPS) is 12.5. The van der Waals surface area contributed by atoms with Crippen molar-refractivity contribution in [1.29, 1.82) is 0 Å². The molecule has 5 aromatic carbocycles. The number of methoxy groups -OCH3 is 1. The van der Waals surface area contributed by atoms with Crippen molar-refractivity contribution in [3.8, 4) is 11.5 Å². The van der Waals surface area contributed by atoms with Gasteiger partial charge in [0.05, 0.1) is 45.3 Å². The number of nitrogens with zero attached hydrogens (tertiary/aromatic N) is 1. The topological polar surface area (TPSA) is 215 Å². The van der Waals surface area contributed by atoms with E-state index in [1.54, 1.807) is 49.4 Å². The largest absolute Gasteiger partial charge is 0.506 e. The molecule has 0 fully saturated rings. The molecule has 0 saturated heterocycles. The Morgan fingerprint density at radius 3 is 2.38 bits per heavy atom. The van der Waals surface area contributed by atoms with Gasteiger partial charge in [-0.05, 0) is 134 Å². The summed E-state index contributed by atoms with van der Waals surface area (Å²) >= 11 is 0. The number of anilines is 3. The standard InChI is InChI=1S/C52H58N6O8SSi/c1-31-24-33(12-11-23-54-30-45(66-68(7,8)52(3,4)5)39-18-21-44(59)49-40(39)19-22-46(60)58-49)17-20-43(31)57-51(62)34-13-9-16-37(26-34)67(63,64)38-25-32(2)47-41(28-38)48(42(29-55-47)50(53)61)56-35-14-10-15-36(27-35)65-6/h9-10,13-22,24-29,45,54,59H,11-12,23,30H2,1-8H3,(H2,53,61)(H,55,56)(H,57,62)(H,58,60)/t45-/m0/s1. The molecule has 68 heavy (non-hydrogen) atoms. The van der Waals surface area contributed by atoms with E-state index in [1.165, 1.54) is 49.7 Å². The van der Waals surface area contributed by atoms with Crippen LogP contribution >= 0.6 is 0 Å². The summed E-state index contributed by atoms with van der Waals surface area (Å²) in [5, 5.41) is 21.4. The number of carbonyl (C=O) groups is 2. The van der Waals surface area contributed by atoms with Gasteiger partial charge in [-0.2, -0.15) is 0 Å². The number of benzene rings is 5. The van der Waals surface area contributed by atoms with Gasteiger partial charge in [0.25, 0.3) is 11.8 Å². The molecule has 0 spiro atoms. The summed E-state index contributed by atoms with van der Waals surface area (Å²) in [6.07, 6.45) is 2.63. The van der Waals surface area contributed by atoms with Crippen LogP contribution in [0.15, 0.2) is 124 Å². The van der Waals surface area contributed by atoms with Crippen LogP contribution in [0, 0.1) is 13.8 Å². The van der Waals surface area contributed by atoms with Crippen LogP contribution in [0.1, 0.15) is 76.3 Å². The van der Waals surface area contributed by atoms with Crippen LogP contribution in [-0.4, -0.2) is 63.8 Å². The van der Waals surface area contributed by atoms with E-state index in [0.29, 0.717) is 57.9 Å². The SMILES string of the molecule is COc1cccc(Nc2c(C(N)=O)cnc3c(C)cc(S(=O)(=O)c4cccc(C(=O)Nc5ccc(CCCNC[C@H](O[Si](C)(C)C(C)(C)C)c6ccc(O)c7[nH]c(=O)ccc67)cc5C)c4)cc23)c1. The lowest BCUT2D eigenvalue weighted by molar-refractivity contribution is 0.0998. The summed E-state index contributed by atoms with van der Waals surface area (Å²) in [6, 6.07) is 28.4. The zero-order valence-corrected chi connectivity index (χ0v) is 41.4. The molecule has 2 aromatic heterocycles. The van der Waals surface area contributed by atoms with Crippen LogP contribution in [0.2, 0.25) is 18.1 Å². The van der Waals surface area contributed by atoms with Crippen LogP contribution in [-0.2, 0) is 20.7 Å². The predicted octanol–water partition coefficient (Wildman–Crippen LogP) is 9.62. The van der Waals surface area contributed by atoms with E-state index in [0.717, 1.165) is 34.9 Å². The summed E-state index contributed by atoms with van der Waals surface area (Å²) in [5.41, 5.74) is 11.4. The van der Waals surface area contributed by atoms with Crippen molar-refractivity contribution in [1.82, 2.24) is 15.3 Å². The number of nitrogens with two attached hydrogens (primary N) is 1. The first-order valence-electron chi connectivity index (χ1n) is 22.3. The molecule has 0 aliphatic heterocycles. The van der Waals surface area contributed by atoms with Crippen molar-refractivity contribution in [2.45, 2.75) is 81.5 Å². The first-order chi connectivity index (χ1) is 32.2. The molecule has 0 aliphatic carbocycles. The molecule has 0 bridgehead atoms. The summed E-state index contributed by atoms with van der Waals surface area (Å²) in [6.45, 7) is 15.9. The van der Waals surface area contributed by atoms with Crippen LogP contribution in [0.4, 0.5) is 17.1 Å². The molecule has 7 rings (SSSR count). The number of hydrogen-bond acceptors (Lipinski definition) is 11. The number of aryl methyl sites for hydroxylation is 3. The molecular weight excluding hydrogens is 897 g/mol. The number of amides is 2. The Bertz CT molecular complexity index is 3240. The molecule has 0 saturated carbocycles. The molecule has 7 aromatic rings. The number of pyridine rings is 2. The average molecular weight is 955 g/mol. The van der Waals surface area contributed by atoms with E-state index in [9.17, 15) is 27.9 Å². The Balaban J connectivity index is 1.03. The molecule has 2 heterocycles. The Morgan fingerprint density at radius 2 is 1.66 bits per heavy atom. The van der Waals surface area contributed by atoms with Gasteiger partial charge in [-0.25, -0.2) is 8.42 Å². The first kappa shape index (κ1) is 49.1. The molecule has 7 N–H and O–H groups in total. The molecule has 2 amide bonds. The number of primary amides is 1. The monoisotopic (exact) mass is 954 g/mol. The predicted molar refractivity (Wildman–Crippen MR) is 271 cm³/mol. The van der Waals surface area contributed by atoms with Crippen molar-refractivity contribution in [2.24, 2.45) is 5.73 Å². The maximum absolute atomic E-state index is 14.3. The van der Waals surface area contributed by atoms with Crippen molar-refractivity contribution in [2.75, 3.05) is 30.8 Å². The summed E-state index contributed by atoms with van der Waals surface area (Å²) in [5.74, 6) is -0.642. The lowest BCUT2D eigenvalue weighted by atomic mass is 10.0. The van der Waals surface area contributed by atoms with Crippen molar-refractivity contribution >= 4 is 68.8 Å². The van der Waals surface area contributed by atoms with Crippen LogP contribution in [0.25, 0.3) is 21.8 Å². The fourth-order valence-electron chi connectivity index (χ4n) is 7.86. The van der Waals surface area contributed by atoms with Gasteiger partial charge in [0.2, 0.25) is 15.4 Å². The van der Waals surface area contributed by atoms with Crippen LogP contribution in [0.3, 0.4) is 0 Å². The molecule has 0 aliphatic rings. The Labute approximate surface area is 397 Å². The minimum atomic E-state index is -4.19. The van der Waals surface area contributed by atoms with E-state index in [2.05, 4.69) is 59.8 Å². The van der Waals surface area contributed by atoms with Gasteiger partial charge in [0.1, 0.15) is 11.5 Å². The molecular formula is C52H58N6O8SSi. The number of aromatic nitrogens is 2. The van der Waals surface area contributed by atoms with Gasteiger partial charge in [-0.15, -0.1) is 0 Å². The highest BCUT2D eigenvalue weighted by molar-refractivity contribution is 7.91. The minimum absolute atomic E-state index is 0.00551. The average Bonchev–Trinajstić information content (AvgIpc) is 3.29. The van der Waals surface area contributed by atoms with Gasteiger partial charge in [0.15, 0.2) is 8.32 Å². The first-order valence-corrected chi connectivity index (χ1v) is 26.7. The Hall–Kier alpha value is -6.85. The maximum atomic E-state index is 14.3. The molecule has 14 nitrogen and oxygen atoms in total. The fourth-order valence-corrected chi connectivity index (χ4v) is 10.6. The number of hydrogen-bond donors (Lipinski definition) is 6. The third-order valence-electron chi connectivity index (χ3n) is 12.6. The number of aromatic amines is 1. The van der Waals surface area contributed by atoms with Crippen molar-refractivity contribution in [3.05, 3.63) is 153 Å². The lowest BCUT2D eigenvalue weighted by Crippen LogP contribution is -2.43. The number of rotatable bonds is 17. The fraction of sp³-hybridized carbons (Fsp3) is 0.269. The van der Waals surface area contributed by atoms with E-state index in [4.69, 9.17) is 14.9 Å². The Morgan fingerprint density at radius 1 is 0.897 bits per heavy atom. The van der Waals surface area contributed by atoms with Crippen LogP contribution < -0.4 is 32.0 Å². The molecule has 16 heteroatoms. The molecule has 354 valence electrons. The number of sulfone groups is 1. The number of carbonyl (C=O) groups excluding carboxylic acids is 2. The molecule has 0 radical (unpaired) electrons. The lowest BCUT2D eigenvalue weighted by Gasteiger charge is -2.39. The van der Waals surface area contributed by atoms with Gasteiger partial charge < -0.3 is 40.9 Å². The number of nitrogens with one attached hydrogen (secondary N) is 4. The third kappa shape index (κ3) is 10.6. The van der Waals surface area contributed by atoms with E-state index >= 15 is 0 Å². The Kier molecular flexibility index (Phi) is 14.3. The number of aromatic hydroxyl groups is 1. The van der Waals surface area contributed by atoms with Gasteiger partial charge in [-0.3, -0.25) is 19.4 Å².